The number of hydrogen-bond acceptors (Lipinski definition) is 6. The van der Waals surface area contributed by atoms with Gasteiger partial charge in [-0.3, -0.25) is 0 Å². The summed E-state index contributed by atoms with van der Waals surface area (Å²) >= 11 is 0. The van der Waals surface area contributed by atoms with Crippen LogP contribution in [-0.2, 0) is 0 Å². The maximum absolute atomic E-state index is 5.48. The van der Waals surface area contributed by atoms with Gasteiger partial charge in [-0.1, -0.05) is 18.2 Å². The summed E-state index contributed by atoms with van der Waals surface area (Å²) in [4.78, 5) is 4.38. The van der Waals surface area contributed by atoms with Gasteiger partial charge in [0.1, 0.15) is 12.1 Å². The number of fused-ring (bicyclic) bond motifs is 1. The van der Waals surface area contributed by atoms with Gasteiger partial charge >= 0.3 is 0 Å². The van der Waals surface area contributed by atoms with E-state index >= 15 is 0 Å². The Hall–Kier alpha value is -3.22. The van der Waals surface area contributed by atoms with E-state index in [1.165, 1.54) is 0 Å². The van der Waals surface area contributed by atoms with Crippen LogP contribution in [0.5, 0.6) is 17.2 Å². The Balaban J connectivity index is 1.72. The Labute approximate surface area is 157 Å². The standard InChI is InChI=1S/C20H22N4O3/c1-25-15-6-4-5-13(9-15)16-11-17(24-20(23-16)21-12-22-24)14-7-8-18(26-2)19(10-14)27-3/h4-10,12,16-17H,11H2,1-3H3,(H,21,22,23)/t16-,17+/m1/s1. The van der Waals surface area contributed by atoms with Crippen molar-refractivity contribution in [2.24, 2.45) is 0 Å². The van der Waals surface area contributed by atoms with E-state index in [9.17, 15) is 0 Å². The lowest BCUT2D eigenvalue weighted by molar-refractivity contribution is 0.352. The molecule has 0 saturated heterocycles. The van der Waals surface area contributed by atoms with Gasteiger partial charge < -0.3 is 19.5 Å². The van der Waals surface area contributed by atoms with Crippen molar-refractivity contribution in [2.75, 3.05) is 26.6 Å². The second-order valence-electron chi connectivity index (χ2n) is 6.37. The monoisotopic (exact) mass is 366 g/mol. The minimum atomic E-state index is 0.0276. The number of methoxy groups -OCH3 is 3. The molecule has 0 unspecified atom stereocenters. The van der Waals surface area contributed by atoms with Crippen LogP contribution in [-0.4, -0.2) is 36.1 Å². The molecule has 7 nitrogen and oxygen atoms in total. The Morgan fingerprint density at radius 2 is 1.81 bits per heavy atom. The molecule has 0 aliphatic carbocycles. The highest BCUT2D eigenvalue weighted by Crippen LogP contribution is 2.40. The maximum atomic E-state index is 5.48. The number of ether oxygens (including phenoxy) is 3. The second-order valence-corrected chi connectivity index (χ2v) is 6.37. The van der Waals surface area contributed by atoms with Crippen molar-refractivity contribution in [1.82, 2.24) is 14.8 Å². The van der Waals surface area contributed by atoms with E-state index < -0.39 is 0 Å². The summed E-state index contributed by atoms with van der Waals surface area (Å²) in [6, 6.07) is 14.2. The lowest BCUT2D eigenvalue weighted by atomic mass is 9.93. The van der Waals surface area contributed by atoms with Crippen molar-refractivity contribution < 1.29 is 14.2 Å². The van der Waals surface area contributed by atoms with Crippen molar-refractivity contribution in [3.8, 4) is 17.2 Å². The van der Waals surface area contributed by atoms with E-state index in [4.69, 9.17) is 14.2 Å². The van der Waals surface area contributed by atoms with E-state index in [2.05, 4.69) is 27.5 Å². The molecule has 0 fully saturated rings. The van der Waals surface area contributed by atoms with Crippen LogP contribution in [0.3, 0.4) is 0 Å². The van der Waals surface area contributed by atoms with Crippen LogP contribution in [0, 0.1) is 0 Å². The third-order valence-corrected chi connectivity index (χ3v) is 4.92. The number of nitrogens with one attached hydrogen (secondary N) is 1. The molecular weight excluding hydrogens is 344 g/mol. The first kappa shape index (κ1) is 17.2. The minimum Gasteiger partial charge on any atom is -0.497 e. The summed E-state index contributed by atoms with van der Waals surface area (Å²) < 4.78 is 18.1. The fourth-order valence-electron chi connectivity index (χ4n) is 3.53. The molecule has 1 aliphatic heterocycles. The summed E-state index contributed by atoms with van der Waals surface area (Å²) in [5, 5.41) is 7.89. The van der Waals surface area contributed by atoms with E-state index in [1.807, 2.05) is 35.0 Å². The van der Waals surface area contributed by atoms with Crippen LogP contribution < -0.4 is 19.5 Å². The van der Waals surface area contributed by atoms with Gasteiger partial charge in [-0.2, -0.15) is 10.1 Å². The second kappa shape index (κ2) is 7.19. The van der Waals surface area contributed by atoms with Crippen LogP contribution in [0.25, 0.3) is 0 Å². The summed E-state index contributed by atoms with van der Waals surface area (Å²) in [5.74, 6) is 2.99. The van der Waals surface area contributed by atoms with Crippen LogP contribution in [0.1, 0.15) is 29.6 Å². The van der Waals surface area contributed by atoms with Gasteiger partial charge in [0.05, 0.1) is 33.4 Å². The summed E-state index contributed by atoms with van der Waals surface area (Å²) in [5.41, 5.74) is 2.24. The molecule has 1 N–H and O–H groups in total. The Bertz CT molecular complexity index is 940. The van der Waals surface area contributed by atoms with E-state index in [0.717, 1.165) is 29.2 Å². The lowest BCUT2D eigenvalue weighted by Crippen LogP contribution is -2.28. The molecule has 0 amide bonds. The molecule has 27 heavy (non-hydrogen) atoms. The normalized spacial score (nSPS) is 18.3. The molecule has 2 aromatic carbocycles. The third kappa shape index (κ3) is 3.16. The lowest BCUT2D eigenvalue weighted by Gasteiger charge is -2.32. The topological polar surface area (TPSA) is 70.4 Å². The van der Waals surface area contributed by atoms with Gasteiger partial charge in [0.25, 0.3) is 0 Å². The third-order valence-electron chi connectivity index (χ3n) is 4.92. The molecule has 2 heterocycles. The SMILES string of the molecule is COc1cccc([C@H]2C[C@@H](c3ccc(OC)c(OC)c3)n3ncnc3N2)c1. The quantitative estimate of drug-likeness (QED) is 0.746. The first-order valence-corrected chi connectivity index (χ1v) is 8.75. The average Bonchev–Trinajstić information content (AvgIpc) is 3.21. The number of anilines is 1. The zero-order valence-electron chi connectivity index (χ0n) is 15.5. The van der Waals surface area contributed by atoms with Gasteiger partial charge in [0, 0.05) is 0 Å². The largest absolute Gasteiger partial charge is 0.497 e. The van der Waals surface area contributed by atoms with Crippen LogP contribution >= 0.6 is 0 Å². The van der Waals surface area contributed by atoms with Gasteiger partial charge in [-0.15, -0.1) is 0 Å². The first-order chi connectivity index (χ1) is 13.2. The molecule has 0 spiro atoms. The fourth-order valence-corrected chi connectivity index (χ4v) is 3.53. The highest BCUT2D eigenvalue weighted by molar-refractivity contribution is 5.46. The van der Waals surface area contributed by atoms with Gasteiger partial charge in [-0.05, 0) is 41.8 Å². The molecule has 0 saturated carbocycles. The highest BCUT2D eigenvalue weighted by atomic mass is 16.5. The molecule has 1 aliphatic rings. The molecule has 4 rings (SSSR count). The van der Waals surface area contributed by atoms with E-state index in [0.29, 0.717) is 11.5 Å². The summed E-state index contributed by atoms with van der Waals surface area (Å²) in [6.07, 6.45) is 2.39. The zero-order chi connectivity index (χ0) is 18.8. The number of rotatable bonds is 5. The highest BCUT2D eigenvalue weighted by Gasteiger charge is 2.30. The van der Waals surface area contributed by atoms with E-state index in [1.54, 1.807) is 27.7 Å². The predicted octanol–water partition coefficient (Wildman–Crippen LogP) is 3.45. The predicted molar refractivity (Wildman–Crippen MR) is 102 cm³/mol. The molecule has 140 valence electrons. The minimum absolute atomic E-state index is 0.0276. The zero-order valence-corrected chi connectivity index (χ0v) is 15.5. The Morgan fingerprint density at radius 1 is 0.963 bits per heavy atom. The molecule has 3 aromatic rings. The van der Waals surface area contributed by atoms with Crippen LogP contribution in [0.15, 0.2) is 48.8 Å². The molecule has 1 aromatic heterocycles. The molecule has 2 atom stereocenters. The molecule has 0 bridgehead atoms. The number of hydrogen-bond donors (Lipinski definition) is 1. The van der Waals surface area contributed by atoms with Crippen molar-refractivity contribution in [2.45, 2.75) is 18.5 Å². The molecule has 0 radical (unpaired) electrons. The van der Waals surface area contributed by atoms with Crippen molar-refractivity contribution in [3.63, 3.8) is 0 Å². The Kier molecular flexibility index (Phi) is 4.58. The first-order valence-electron chi connectivity index (χ1n) is 8.75. The van der Waals surface area contributed by atoms with E-state index in [-0.39, 0.29) is 12.1 Å². The smallest absolute Gasteiger partial charge is 0.222 e. The van der Waals surface area contributed by atoms with Crippen molar-refractivity contribution >= 4 is 5.95 Å². The fraction of sp³-hybridized carbons (Fsp3) is 0.300. The summed E-state index contributed by atoms with van der Waals surface area (Å²) in [6.45, 7) is 0. The average molecular weight is 366 g/mol. The number of benzene rings is 2. The van der Waals surface area contributed by atoms with Crippen LogP contribution in [0.4, 0.5) is 5.95 Å². The number of nitrogens with zero attached hydrogens (tertiary/aromatic N) is 3. The van der Waals surface area contributed by atoms with Crippen molar-refractivity contribution in [1.29, 1.82) is 0 Å². The van der Waals surface area contributed by atoms with Gasteiger partial charge in [-0.25, -0.2) is 4.68 Å². The van der Waals surface area contributed by atoms with Crippen molar-refractivity contribution in [3.05, 3.63) is 59.9 Å². The van der Waals surface area contributed by atoms with Gasteiger partial charge in [0.2, 0.25) is 5.95 Å². The Morgan fingerprint density at radius 3 is 2.59 bits per heavy atom. The van der Waals surface area contributed by atoms with Crippen LogP contribution in [0.2, 0.25) is 0 Å². The molecule has 7 heteroatoms. The maximum Gasteiger partial charge on any atom is 0.222 e. The summed E-state index contributed by atoms with van der Waals surface area (Å²) in [7, 11) is 4.96. The van der Waals surface area contributed by atoms with Gasteiger partial charge in [0.15, 0.2) is 11.5 Å². The molecular formula is C20H22N4O3. The number of aromatic nitrogens is 3.